The summed E-state index contributed by atoms with van der Waals surface area (Å²) in [4.78, 5) is 13.0. The fourth-order valence-corrected chi connectivity index (χ4v) is 3.84. The molecule has 0 atom stereocenters. The topological polar surface area (TPSA) is 69.2 Å². The van der Waals surface area contributed by atoms with Crippen LogP contribution in [0.15, 0.2) is 0 Å². The molecular formula is C15H20F3N3O2. The predicted octanol–water partition coefficient (Wildman–Crippen LogP) is 2.81. The number of halogens is 3. The molecule has 1 aromatic rings. The van der Waals surface area contributed by atoms with Crippen LogP contribution in [0.4, 0.5) is 13.2 Å². The summed E-state index contributed by atoms with van der Waals surface area (Å²) in [5.41, 5.74) is -0.0401. The first-order valence-electron chi connectivity index (χ1n) is 7.76. The zero-order chi connectivity index (χ0) is 16.8. The van der Waals surface area contributed by atoms with Gasteiger partial charge in [0.15, 0.2) is 5.69 Å². The lowest BCUT2D eigenvalue weighted by atomic mass is 9.57. The minimum absolute atomic E-state index is 0.139. The molecule has 23 heavy (non-hydrogen) atoms. The Morgan fingerprint density at radius 2 is 2.00 bits per heavy atom. The lowest BCUT2D eigenvalue weighted by Crippen LogP contribution is -2.48. The van der Waals surface area contributed by atoms with Gasteiger partial charge in [0.25, 0.3) is 0 Å². The molecule has 2 heterocycles. The molecule has 1 aromatic heterocycles. The first-order chi connectivity index (χ1) is 10.7. The molecule has 0 amide bonds. The predicted molar refractivity (Wildman–Crippen MR) is 75.6 cm³/mol. The number of hydrogen-bond donors (Lipinski definition) is 2. The summed E-state index contributed by atoms with van der Waals surface area (Å²) in [5, 5.41) is 14.9. The van der Waals surface area contributed by atoms with Crippen LogP contribution in [0, 0.1) is 18.3 Å². The van der Waals surface area contributed by atoms with Gasteiger partial charge in [-0.25, -0.2) is 0 Å². The SMILES string of the molecule is Cc1c(C(F)(F)F)n[nH]c1CN1CCC2(CC1)CC(C(=O)O)C2. The van der Waals surface area contributed by atoms with Crippen LogP contribution in [0.5, 0.6) is 0 Å². The Morgan fingerprint density at radius 3 is 2.48 bits per heavy atom. The molecule has 0 aromatic carbocycles. The molecule has 1 aliphatic carbocycles. The minimum Gasteiger partial charge on any atom is -0.481 e. The first-order valence-corrected chi connectivity index (χ1v) is 7.76. The van der Waals surface area contributed by atoms with Crippen molar-refractivity contribution < 1.29 is 23.1 Å². The molecule has 0 radical (unpaired) electrons. The molecule has 0 bridgehead atoms. The Morgan fingerprint density at radius 1 is 1.39 bits per heavy atom. The second-order valence-electron chi connectivity index (χ2n) is 6.89. The van der Waals surface area contributed by atoms with Crippen LogP contribution < -0.4 is 0 Å². The maximum Gasteiger partial charge on any atom is 0.435 e. The van der Waals surface area contributed by atoms with Crippen molar-refractivity contribution in [1.82, 2.24) is 15.1 Å². The lowest BCUT2D eigenvalue weighted by molar-refractivity contribution is -0.152. The van der Waals surface area contributed by atoms with E-state index in [0.29, 0.717) is 12.2 Å². The fourth-order valence-electron chi connectivity index (χ4n) is 3.84. The average Bonchev–Trinajstić information content (AvgIpc) is 2.78. The van der Waals surface area contributed by atoms with Crippen molar-refractivity contribution in [3.63, 3.8) is 0 Å². The number of carboxylic acids is 1. The van der Waals surface area contributed by atoms with Gasteiger partial charge >= 0.3 is 12.1 Å². The number of rotatable bonds is 3. The minimum atomic E-state index is -4.43. The van der Waals surface area contributed by atoms with Crippen molar-refractivity contribution in [2.75, 3.05) is 13.1 Å². The first kappa shape index (κ1) is 16.3. The number of aliphatic carboxylic acids is 1. The second kappa shape index (κ2) is 5.51. The molecule has 1 saturated carbocycles. The van der Waals surface area contributed by atoms with Gasteiger partial charge in [-0.2, -0.15) is 18.3 Å². The van der Waals surface area contributed by atoms with E-state index in [9.17, 15) is 18.0 Å². The van der Waals surface area contributed by atoms with Gasteiger partial charge in [-0.15, -0.1) is 0 Å². The van der Waals surface area contributed by atoms with E-state index in [1.165, 1.54) is 6.92 Å². The Balaban J connectivity index is 1.56. The molecule has 3 rings (SSSR count). The summed E-state index contributed by atoms with van der Waals surface area (Å²) >= 11 is 0. The Kier molecular flexibility index (Phi) is 3.90. The fraction of sp³-hybridized carbons (Fsp3) is 0.733. The lowest BCUT2D eigenvalue weighted by Gasteiger charge is -2.50. The molecule has 8 heteroatoms. The number of carboxylic acid groups (broad SMARTS) is 1. The number of piperidine rings is 1. The number of alkyl halides is 3. The monoisotopic (exact) mass is 331 g/mol. The molecule has 128 valence electrons. The van der Waals surface area contributed by atoms with Crippen molar-refractivity contribution >= 4 is 5.97 Å². The zero-order valence-electron chi connectivity index (χ0n) is 12.9. The van der Waals surface area contributed by atoms with Gasteiger partial charge in [-0.3, -0.25) is 14.8 Å². The van der Waals surface area contributed by atoms with E-state index in [1.54, 1.807) is 0 Å². The number of nitrogens with one attached hydrogen (secondary N) is 1. The molecule has 1 aliphatic heterocycles. The van der Waals surface area contributed by atoms with Gasteiger partial charge in [-0.05, 0) is 51.1 Å². The third-order valence-corrected chi connectivity index (χ3v) is 5.39. The van der Waals surface area contributed by atoms with Crippen molar-refractivity contribution in [2.24, 2.45) is 11.3 Å². The number of carbonyl (C=O) groups is 1. The normalized spacial score (nSPS) is 22.3. The van der Waals surface area contributed by atoms with Gasteiger partial charge in [0.05, 0.1) is 11.6 Å². The zero-order valence-corrected chi connectivity index (χ0v) is 12.9. The summed E-state index contributed by atoms with van der Waals surface area (Å²) < 4.78 is 38.3. The van der Waals surface area contributed by atoms with Gasteiger partial charge in [0.2, 0.25) is 0 Å². The Labute approximate surface area is 131 Å². The number of nitrogens with zero attached hydrogens (tertiary/aromatic N) is 2. The number of aromatic amines is 1. The number of H-pyrrole nitrogens is 1. The summed E-state index contributed by atoms with van der Waals surface area (Å²) in [6.45, 7) is 3.43. The highest BCUT2D eigenvalue weighted by molar-refractivity contribution is 5.71. The Hall–Kier alpha value is -1.57. The molecule has 0 unspecified atom stereocenters. The molecular weight excluding hydrogens is 311 g/mol. The van der Waals surface area contributed by atoms with Gasteiger partial charge in [0.1, 0.15) is 0 Å². The van der Waals surface area contributed by atoms with Crippen molar-refractivity contribution in [3.8, 4) is 0 Å². The van der Waals surface area contributed by atoms with E-state index in [0.717, 1.165) is 38.8 Å². The van der Waals surface area contributed by atoms with Crippen LogP contribution in [0.3, 0.4) is 0 Å². The van der Waals surface area contributed by atoms with Gasteiger partial charge in [0, 0.05) is 12.1 Å². The summed E-state index contributed by atoms with van der Waals surface area (Å²) in [6, 6.07) is 0. The smallest absolute Gasteiger partial charge is 0.435 e. The number of likely N-dealkylation sites (tertiary alicyclic amines) is 1. The quantitative estimate of drug-likeness (QED) is 0.894. The van der Waals surface area contributed by atoms with Crippen LogP contribution in [0.1, 0.15) is 42.6 Å². The van der Waals surface area contributed by atoms with E-state index in [4.69, 9.17) is 5.11 Å². The molecule has 2 aliphatic rings. The summed E-state index contributed by atoms with van der Waals surface area (Å²) in [5.74, 6) is -0.934. The van der Waals surface area contributed by atoms with Crippen molar-refractivity contribution in [2.45, 2.75) is 45.3 Å². The van der Waals surface area contributed by atoms with Crippen LogP contribution in [0.25, 0.3) is 0 Å². The van der Waals surface area contributed by atoms with Gasteiger partial charge < -0.3 is 5.11 Å². The van der Waals surface area contributed by atoms with E-state index < -0.39 is 17.8 Å². The summed E-state index contributed by atoms with van der Waals surface area (Å²) in [6.07, 6.45) is -1.14. The highest BCUT2D eigenvalue weighted by Crippen LogP contribution is 2.52. The van der Waals surface area contributed by atoms with Gasteiger partial charge in [-0.1, -0.05) is 0 Å². The molecule has 1 saturated heterocycles. The molecule has 2 N–H and O–H groups in total. The maximum absolute atomic E-state index is 12.8. The highest BCUT2D eigenvalue weighted by Gasteiger charge is 2.48. The van der Waals surface area contributed by atoms with E-state index >= 15 is 0 Å². The second-order valence-corrected chi connectivity index (χ2v) is 6.89. The van der Waals surface area contributed by atoms with E-state index in [-0.39, 0.29) is 16.9 Å². The maximum atomic E-state index is 12.8. The van der Waals surface area contributed by atoms with Crippen LogP contribution in [-0.2, 0) is 17.5 Å². The van der Waals surface area contributed by atoms with E-state index in [2.05, 4.69) is 15.1 Å². The molecule has 2 fully saturated rings. The third-order valence-electron chi connectivity index (χ3n) is 5.39. The summed E-state index contributed by atoms with van der Waals surface area (Å²) in [7, 11) is 0. The third kappa shape index (κ3) is 3.08. The molecule has 1 spiro atoms. The van der Waals surface area contributed by atoms with Crippen LogP contribution in [0.2, 0.25) is 0 Å². The number of aromatic nitrogens is 2. The average molecular weight is 331 g/mol. The standard InChI is InChI=1S/C15H20F3N3O2/c1-9-11(19-20-12(9)15(16,17)18)8-21-4-2-14(3-5-21)6-10(7-14)13(22)23/h10H,2-8H2,1H3,(H,19,20)(H,22,23). The van der Waals surface area contributed by atoms with Crippen molar-refractivity contribution in [3.05, 3.63) is 17.0 Å². The Bertz CT molecular complexity index is 596. The molecule has 5 nitrogen and oxygen atoms in total. The van der Waals surface area contributed by atoms with Crippen LogP contribution >= 0.6 is 0 Å². The van der Waals surface area contributed by atoms with Crippen molar-refractivity contribution in [1.29, 1.82) is 0 Å². The highest BCUT2D eigenvalue weighted by atomic mass is 19.4. The number of hydrogen-bond acceptors (Lipinski definition) is 3. The van der Waals surface area contributed by atoms with Crippen LogP contribution in [-0.4, -0.2) is 39.3 Å². The largest absolute Gasteiger partial charge is 0.481 e. The van der Waals surface area contributed by atoms with E-state index in [1.807, 2.05) is 0 Å².